The third-order valence-electron chi connectivity index (χ3n) is 2.85. The van der Waals surface area contributed by atoms with Gasteiger partial charge in [-0.3, -0.25) is 4.79 Å². The standard InChI is InChI=1S/C13H9Cl2N5O2S/c14-9-4-3-8(6-10(9)15)16-11(21)7-19-13(22)20(18-17-19)12-2-1-5-23-12/h1-6H,7H2,(H,16,21). The number of halogens is 2. The van der Waals surface area contributed by atoms with Crippen molar-refractivity contribution in [3.8, 4) is 5.00 Å². The highest BCUT2D eigenvalue weighted by molar-refractivity contribution is 7.12. The van der Waals surface area contributed by atoms with E-state index in [9.17, 15) is 9.59 Å². The highest BCUT2D eigenvalue weighted by atomic mass is 35.5. The van der Waals surface area contributed by atoms with E-state index in [1.54, 1.807) is 24.3 Å². The van der Waals surface area contributed by atoms with Crippen molar-refractivity contribution >= 4 is 46.1 Å². The maximum absolute atomic E-state index is 12.1. The molecule has 1 amide bonds. The number of anilines is 1. The van der Waals surface area contributed by atoms with Crippen LogP contribution in [0.25, 0.3) is 5.00 Å². The molecule has 0 fully saturated rings. The van der Waals surface area contributed by atoms with Gasteiger partial charge >= 0.3 is 5.69 Å². The van der Waals surface area contributed by atoms with E-state index in [0.717, 1.165) is 9.36 Å². The van der Waals surface area contributed by atoms with Crippen LogP contribution in [0, 0.1) is 0 Å². The Kier molecular flexibility index (Phi) is 4.46. The molecule has 0 unspecified atom stereocenters. The zero-order chi connectivity index (χ0) is 16.4. The Morgan fingerprint density at radius 1 is 1.22 bits per heavy atom. The first kappa shape index (κ1) is 15.7. The highest BCUT2D eigenvalue weighted by Gasteiger charge is 2.13. The molecule has 2 aromatic heterocycles. The van der Waals surface area contributed by atoms with Gasteiger partial charge in [0.15, 0.2) is 0 Å². The van der Waals surface area contributed by atoms with Crippen LogP contribution in [0.3, 0.4) is 0 Å². The van der Waals surface area contributed by atoms with E-state index in [0.29, 0.717) is 20.7 Å². The van der Waals surface area contributed by atoms with Crippen molar-refractivity contribution in [1.82, 2.24) is 19.8 Å². The van der Waals surface area contributed by atoms with Gasteiger partial charge in [0, 0.05) is 5.69 Å². The summed E-state index contributed by atoms with van der Waals surface area (Å²) in [6.45, 7) is -0.259. The first-order valence-electron chi connectivity index (χ1n) is 6.36. The first-order chi connectivity index (χ1) is 11.0. The van der Waals surface area contributed by atoms with E-state index < -0.39 is 11.6 Å². The van der Waals surface area contributed by atoms with Crippen molar-refractivity contribution < 1.29 is 4.79 Å². The molecule has 3 aromatic rings. The summed E-state index contributed by atoms with van der Waals surface area (Å²) < 4.78 is 2.11. The second kappa shape index (κ2) is 6.53. The summed E-state index contributed by atoms with van der Waals surface area (Å²) in [7, 11) is 0. The first-order valence-corrected chi connectivity index (χ1v) is 8.00. The number of tetrazole rings is 1. The summed E-state index contributed by atoms with van der Waals surface area (Å²) >= 11 is 13.0. The van der Waals surface area contributed by atoms with Crippen LogP contribution in [-0.4, -0.2) is 25.7 Å². The predicted molar refractivity (Wildman–Crippen MR) is 88.6 cm³/mol. The molecule has 118 valence electrons. The lowest BCUT2D eigenvalue weighted by Gasteiger charge is -2.05. The fraction of sp³-hybridized carbons (Fsp3) is 0.0769. The summed E-state index contributed by atoms with van der Waals surface area (Å²) in [5.41, 5.74) is -0.0140. The Bertz CT molecular complexity index is 903. The molecule has 0 saturated heterocycles. The van der Waals surface area contributed by atoms with E-state index >= 15 is 0 Å². The minimum absolute atomic E-state index is 0.259. The SMILES string of the molecule is O=C(Cn1nnn(-c2cccs2)c1=O)Nc1ccc(Cl)c(Cl)c1. The normalized spacial score (nSPS) is 10.7. The molecule has 7 nitrogen and oxygen atoms in total. The number of amides is 1. The number of benzene rings is 1. The van der Waals surface area contributed by atoms with Gasteiger partial charge in [-0.15, -0.1) is 11.3 Å². The van der Waals surface area contributed by atoms with Crippen LogP contribution < -0.4 is 11.0 Å². The third-order valence-corrected chi connectivity index (χ3v) is 4.43. The number of nitrogens with zero attached hydrogens (tertiary/aromatic N) is 4. The molecule has 23 heavy (non-hydrogen) atoms. The topological polar surface area (TPSA) is 81.8 Å². The summed E-state index contributed by atoms with van der Waals surface area (Å²) in [5.74, 6) is -0.427. The highest BCUT2D eigenvalue weighted by Crippen LogP contribution is 2.24. The average Bonchev–Trinajstić information content (AvgIpc) is 3.14. The zero-order valence-corrected chi connectivity index (χ0v) is 13.8. The number of nitrogens with one attached hydrogen (secondary N) is 1. The summed E-state index contributed by atoms with van der Waals surface area (Å²) in [6.07, 6.45) is 0. The Hall–Kier alpha value is -2.16. The van der Waals surface area contributed by atoms with Crippen molar-refractivity contribution in [2.45, 2.75) is 6.54 Å². The molecule has 0 bridgehead atoms. The van der Waals surface area contributed by atoms with Crippen LogP contribution in [0.2, 0.25) is 10.0 Å². The van der Waals surface area contributed by atoms with E-state index in [2.05, 4.69) is 15.7 Å². The summed E-state index contributed by atoms with van der Waals surface area (Å²) in [6, 6.07) is 8.23. The quantitative estimate of drug-likeness (QED) is 0.765. The summed E-state index contributed by atoms with van der Waals surface area (Å²) in [5, 5.41) is 13.2. The minimum atomic E-state index is -0.489. The molecule has 0 saturated carbocycles. The van der Waals surface area contributed by atoms with Gasteiger partial charge in [0.2, 0.25) is 5.91 Å². The lowest BCUT2D eigenvalue weighted by molar-refractivity contribution is -0.117. The minimum Gasteiger partial charge on any atom is -0.324 e. The molecular weight excluding hydrogens is 361 g/mol. The molecule has 0 aliphatic rings. The fourth-order valence-corrected chi connectivity index (χ4v) is 2.78. The number of thiophene rings is 1. The molecule has 0 atom stereocenters. The van der Waals surface area contributed by atoms with Gasteiger partial charge in [0.1, 0.15) is 11.5 Å². The largest absolute Gasteiger partial charge is 0.369 e. The summed E-state index contributed by atoms with van der Waals surface area (Å²) in [4.78, 5) is 24.1. The van der Waals surface area contributed by atoms with Crippen LogP contribution in [0.4, 0.5) is 5.69 Å². The van der Waals surface area contributed by atoms with Gasteiger partial charge < -0.3 is 5.32 Å². The van der Waals surface area contributed by atoms with E-state index in [1.807, 2.05) is 5.38 Å². The molecule has 1 aromatic carbocycles. The number of aromatic nitrogens is 4. The molecule has 0 aliphatic heterocycles. The Morgan fingerprint density at radius 2 is 2.04 bits per heavy atom. The Balaban J connectivity index is 1.73. The average molecular weight is 370 g/mol. The zero-order valence-electron chi connectivity index (χ0n) is 11.4. The van der Waals surface area contributed by atoms with Gasteiger partial charge in [-0.05, 0) is 46.1 Å². The number of carbonyl (C=O) groups excluding carboxylic acids is 1. The van der Waals surface area contributed by atoms with Crippen LogP contribution in [0.1, 0.15) is 0 Å². The number of hydrogen-bond acceptors (Lipinski definition) is 5. The van der Waals surface area contributed by atoms with Crippen molar-refractivity contribution in [3.05, 3.63) is 56.2 Å². The van der Waals surface area contributed by atoms with Crippen molar-refractivity contribution in [2.24, 2.45) is 0 Å². The molecule has 0 radical (unpaired) electrons. The van der Waals surface area contributed by atoms with Gasteiger partial charge in [-0.25, -0.2) is 4.79 Å². The van der Waals surface area contributed by atoms with Crippen molar-refractivity contribution in [1.29, 1.82) is 0 Å². The third kappa shape index (κ3) is 3.44. The monoisotopic (exact) mass is 369 g/mol. The van der Waals surface area contributed by atoms with Crippen LogP contribution in [-0.2, 0) is 11.3 Å². The Labute approximate surface area is 144 Å². The second-order valence-electron chi connectivity index (χ2n) is 4.46. The molecule has 1 N–H and O–H groups in total. The molecule has 3 rings (SSSR count). The van der Waals surface area contributed by atoms with Crippen LogP contribution >= 0.6 is 34.5 Å². The molecule has 10 heteroatoms. The molecule has 0 spiro atoms. The maximum atomic E-state index is 12.1. The lowest BCUT2D eigenvalue weighted by Crippen LogP contribution is -2.29. The van der Waals surface area contributed by atoms with Crippen LogP contribution in [0.5, 0.6) is 0 Å². The number of rotatable bonds is 4. The molecule has 0 aliphatic carbocycles. The Morgan fingerprint density at radius 3 is 2.74 bits per heavy atom. The van der Waals surface area contributed by atoms with Gasteiger partial charge in [0.25, 0.3) is 0 Å². The predicted octanol–water partition coefficient (Wildman–Crippen LogP) is 2.44. The number of carbonyl (C=O) groups is 1. The smallest absolute Gasteiger partial charge is 0.324 e. The molecular formula is C13H9Cl2N5O2S. The van der Waals surface area contributed by atoms with E-state index in [1.165, 1.54) is 17.4 Å². The van der Waals surface area contributed by atoms with E-state index in [4.69, 9.17) is 23.2 Å². The number of hydrogen-bond donors (Lipinski definition) is 1. The van der Waals surface area contributed by atoms with Gasteiger partial charge in [0.05, 0.1) is 10.0 Å². The van der Waals surface area contributed by atoms with Gasteiger partial charge in [-0.2, -0.15) is 9.36 Å². The fourth-order valence-electron chi connectivity index (χ4n) is 1.81. The van der Waals surface area contributed by atoms with E-state index in [-0.39, 0.29) is 6.54 Å². The van der Waals surface area contributed by atoms with Gasteiger partial charge in [-0.1, -0.05) is 23.2 Å². The van der Waals surface area contributed by atoms with Crippen LogP contribution in [0.15, 0.2) is 40.5 Å². The lowest BCUT2D eigenvalue weighted by atomic mass is 10.3. The molecule has 2 heterocycles. The van der Waals surface area contributed by atoms with Crippen molar-refractivity contribution in [3.63, 3.8) is 0 Å². The second-order valence-corrected chi connectivity index (χ2v) is 6.20. The maximum Gasteiger partial charge on any atom is 0.369 e. The van der Waals surface area contributed by atoms with Crippen molar-refractivity contribution in [2.75, 3.05) is 5.32 Å².